The van der Waals surface area contributed by atoms with Crippen molar-refractivity contribution < 1.29 is 39.6 Å². The maximum Gasteiger partial charge on any atom is 0.433 e. The van der Waals surface area contributed by atoms with Crippen molar-refractivity contribution in [3.05, 3.63) is 107 Å². The van der Waals surface area contributed by atoms with E-state index < -0.39 is 63.3 Å². The summed E-state index contributed by atoms with van der Waals surface area (Å²) >= 11 is 0. The fourth-order valence-corrected chi connectivity index (χ4v) is 9.44. The summed E-state index contributed by atoms with van der Waals surface area (Å²) in [4.78, 5) is 21.9. The molecule has 0 saturated heterocycles. The van der Waals surface area contributed by atoms with E-state index in [1.54, 1.807) is 30.3 Å². The van der Waals surface area contributed by atoms with Crippen LogP contribution in [0.3, 0.4) is 0 Å². The normalized spacial score (nSPS) is 23.7. The highest BCUT2D eigenvalue weighted by atomic mass is 32.2. The summed E-state index contributed by atoms with van der Waals surface area (Å²) in [5, 5.41) is 1.66. The molecule has 3 aromatic rings. The number of hydrogen-bond donors (Lipinski definition) is 1. The van der Waals surface area contributed by atoms with Gasteiger partial charge in [-0.3, -0.25) is 19.8 Å². The van der Waals surface area contributed by atoms with Crippen LogP contribution in [0.2, 0.25) is 0 Å². The van der Waals surface area contributed by atoms with Crippen molar-refractivity contribution in [1.82, 2.24) is 19.7 Å². The number of alkyl halides is 5. The summed E-state index contributed by atoms with van der Waals surface area (Å²) in [6.45, 7) is 0. The first-order chi connectivity index (χ1) is 23.6. The SMILES string of the molecule is CNN(C1=C2CCC(F)(F)c3ccnc(c3)C(=O)[C@@]3(C2)C[C@@H](N(C2CC2)S(=O)(=O)c2ccc(C(F)(F)F)nc2)CCC3=C1)c1ccc(F)cc1. The molecule has 2 aromatic heterocycles. The van der Waals surface area contributed by atoms with Gasteiger partial charge in [-0.2, -0.15) is 17.5 Å². The van der Waals surface area contributed by atoms with Crippen molar-refractivity contribution in [2.24, 2.45) is 5.41 Å². The minimum absolute atomic E-state index is 0.00521. The van der Waals surface area contributed by atoms with Crippen molar-refractivity contribution >= 4 is 21.5 Å². The highest BCUT2D eigenvalue weighted by molar-refractivity contribution is 7.89. The third-order valence-electron chi connectivity index (χ3n) is 10.1. The number of allylic oxidation sites excluding steroid dienone is 3. The Morgan fingerprint density at radius 2 is 1.70 bits per heavy atom. The molecule has 8 nitrogen and oxygen atoms in total. The van der Waals surface area contributed by atoms with Crippen molar-refractivity contribution in [1.29, 1.82) is 0 Å². The molecule has 0 radical (unpaired) electrons. The lowest BCUT2D eigenvalue weighted by Crippen LogP contribution is -2.51. The molecule has 1 N–H and O–H groups in total. The number of nitrogens with one attached hydrogen (secondary N) is 1. The number of halogens is 6. The van der Waals surface area contributed by atoms with Crippen molar-refractivity contribution in [2.75, 3.05) is 12.1 Å². The quantitative estimate of drug-likeness (QED) is 0.202. The van der Waals surface area contributed by atoms with E-state index in [1.165, 1.54) is 28.7 Å². The van der Waals surface area contributed by atoms with E-state index in [4.69, 9.17) is 0 Å². The first-order valence-electron chi connectivity index (χ1n) is 16.3. The number of Topliss-reactive ketones (excluding diaryl/α,β-unsaturated/α-hetero) is 1. The third-order valence-corrected chi connectivity index (χ3v) is 12.1. The molecule has 1 aromatic carbocycles. The third kappa shape index (κ3) is 6.02. The Bertz CT molecular complexity index is 2000. The number of aromatic nitrogens is 2. The van der Waals surface area contributed by atoms with Crippen LogP contribution < -0.4 is 10.4 Å². The van der Waals surface area contributed by atoms with Gasteiger partial charge in [0.05, 0.1) is 16.8 Å². The zero-order valence-electron chi connectivity index (χ0n) is 26.9. The molecular weight excluding hydrogens is 684 g/mol. The second-order valence-electron chi connectivity index (χ2n) is 13.3. The maximum atomic E-state index is 15.6. The van der Waals surface area contributed by atoms with Gasteiger partial charge in [0.25, 0.3) is 5.92 Å². The van der Waals surface area contributed by atoms with Gasteiger partial charge in [0.1, 0.15) is 22.1 Å². The fraction of sp³-hybridized carbons (Fsp3) is 0.400. The van der Waals surface area contributed by atoms with E-state index in [2.05, 4.69) is 15.4 Å². The number of sulfonamides is 1. The molecule has 7 rings (SSSR count). The lowest BCUT2D eigenvalue weighted by atomic mass is 9.59. The van der Waals surface area contributed by atoms with Gasteiger partial charge in [0, 0.05) is 43.5 Å². The Labute approximate surface area is 284 Å². The van der Waals surface area contributed by atoms with E-state index >= 15 is 8.78 Å². The van der Waals surface area contributed by atoms with Gasteiger partial charge in [0.15, 0.2) is 5.78 Å². The predicted octanol–water partition coefficient (Wildman–Crippen LogP) is 7.32. The molecule has 2 fully saturated rings. The van der Waals surface area contributed by atoms with Crippen LogP contribution in [0.5, 0.6) is 0 Å². The first-order valence-corrected chi connectivity index (χ1v) is 17.7. The van der Waals surface area contributed by atoms with Gasteiger partial charge in [-0.1, -0.05) is 5.57 Å². The highest BCUT2D eigenvalue weighted by Crippen LogP contribution is 2.55. The number of nitrogens with zero attached hydrogens (tertiary/aromatic N) is 4. The van der Waals surface area contributed by atoms with E-state index in [-0.39, 0.29) is 41.8 Å². The van der Waals surface area contributed by atoms with E-state index in [0.717, 1.165) is 12.1 Å². The number of carbonyl (C=O) groups is 1. The molecule has 0 aliphatic heterocycles. The van der Waals surface area contributed by atoms with Crippen LogP contribution in [0.15, 0.2) is 88.7 Å². The number of hydrazine groups is 1. The molecule has 0 amide bonds. The number of pyridine rings is 2. The second kappa shape index (κ2) is 12.3. The number of anilines is 1. The summed E-state index contributed by atoms with van der Waals surface area (Å²) in [5.74, 6) is -4.25. The number of carbonyl (C=O) groups excluding carboxylic acids is 1. The minimum Gasteiger partial charge on any atom is -0.291 e. The second-order valence-corrected chi connectivity index (χ2v) is 15.1. The topological polar surface area (TPSA) is 95.5 Å². The Morgan fingerprint density at radius 3 is 2.34 bits per heavy atom. The number of ketones is 1. The van der Waals surface area contributed by atoms with Crippen LogP contribution in [0, 0.1) is 11.2 Å². The van der Waals surface area contributed by atoms with Crippen LogP contribution in [0.25, 0.3) is 0 Å². The summed E-state index contributed by atoms with van der Waals surface area (Å²) in [6.07, 6.45) is -0.0798. The summed E-state index contributed by atoms with van der Waals surface area (Å²) in [7, 11) is -2.72. The van der Waals surface area contributed by atoms with Gasteiger partial charge >= 0.3 is 6.18 Å². The number of hydrogen-bond acceptors (Lipinski definition) is 7. The molecule has 4 bridgehead atoms. The summed E-state index contributed by atoms with van der Waals surface area (Å²) < 4.78 is 114. The van der Waals surface area contributed by atoms with Crippen molar-refractivity contribution in [2.45, 2.75) is 80.4 Å². The largest absolute Gasteiger partial charge is 0.433 e. The van der Waals surface area contributed by atoms with Crippen molar-refractivity contribution in [3.8, 4) is 0 Å². The van der Waals surface area contributed by atoms with Crippen LogP contribution in [-0.2, 0) is 22.1 Å². The minimum atomic E-state index is -4.75. The van der Waals surface area contributed by atoms with E-state index in [1.807, 2.05) is 0 Å². The van der Waals surface area contributed by atoms with E-state index in [0.29, 0.717) is 54.1 Å². The molecule has 15 heteroatoms. The molecule has 2 atom stereocenters. The molecule has 0 unspecified atom stereocenters. The number of benzene rings is 1. The van der Waals surface area contributed by atoms with Crippen LogP contribution in [-0.4, -0.2) is 47.6 Å². The Balaban J connectivity index is 1.34. The van der Waals surface area contributed by atoms with Crippen LogP contribution >= 0.6 is 0 Å². The lowest BCUT2D eigenvalue weighted by molar-refractivity contribution is -0.141. The highest BCUT2D eigenvalue weighted by Gasteiger charge is 2.54. The zero-order chi connectivity index (χ0) is 35.6. The van der Waals surface area contributed by atoms with Gasteiger partial charge < -0.3 is 0 Å². The van der Waals surface area contributed by atoms with Gasteiger partial charge in [-0.25, -0.2) is 27.0 Å². The molecule has 1 spiro atoms. The Morgan fingerprint density at radius 1 is 0.960 bits per heavy atom. The average Bonchev–Trinajstić information content (AvgIpc) is 3.92. The molecule has 2 saturated carbocycles. The van der Waals surface area contributed by atoms with Crippen molar-refractivity contribution in [3.63, 3.8) is 0 Å². The molecule has 4 aliphatic carbocycles. The number of rotatable bonds is 7. The zero-order valence-corrected chi connectivity index (χ0v) is 27.7. The Hall–Kier alpha value is -4.08. The molecule has 2 heterocycles. The first kappa shape index (κ1) is 34.4. The fourth-order valence-electron chi connectivity index (χ4n) is 7.59. The number of fused-ring (bicyclic) bond motifs is 3. The van der Waals surface area contributed by atoms with Crippen LogP contribution in [0.1, 0.15) is 73.1 Å². The predicted molar refractivity (Wildman–Crippen MR) is 171 cm³/mol. The maximum absolute atomic E-state index is 15.6. The van der Waals surface area contributed by atoms with Gasteiger partial charge in [0.2, 0.25) is 10.0 Å². The molecule has 4 aliphatic rings. The molecule has 50 heavy (non-hydrogen) atoms. The van der Waals surface area contributed by atoms with Gasteiger partial charge in [-0.05, 0) is 105 Å². The lowest BCUT2D eigenvalue weighted by Gasteiger charge is -2.48. The van der Waals surface area contributed by atoms with E-state index in [9.17, 15) is 30.8 Å². The molecule has 264 valence electrons. The smallest absolute Gasteiger partial charge is 0.291 e. The standard InChI is InChI=1S/C35H33F6N5O3S/c1-42-45(25-6-3-24(36)4-7-25)30-17-22-2-5-27(46(26-8-9-26)50(48,49)28-10-11-31(44-20-28)35(39,40)41)19-33(22)18-21(30)12-14-34(37,38)23-13-15-43-29(16-23)32(33)47/h3-4,6-7,10-11,13,15-17,20,26-27,42H,2,5,8-9,12,14,18-19H2,1H3/t27-,33-/m0/s1. The Kier molecular flexibility index (Phi) is 8.46. The summed E-state index contributed by atoms with van der Waals surface area (Å²) in [5.41, 5.74) is 2.27. The van der Waals surface area contributed by atoms with Crippen LogP contribution in [0.4, 0.5) is 32.0 Å². The average molecular weight is 718 g/mol. The molecular formula is C35H33F6N5O3S. The summed E-state index contributed by atoms with van der Waals surface area (Å²) in [6, 6.07) is 8.30. The monoisotopic (exact) mass is 717 g/mol. The van der Waals surface area contributed by atoms with Gasteiger partial charge in [-0.15, -0.1) is 0 Å².